The number of carbonyl (C=O) groups is 2. The summed E-state index contributed by atoms with van der Waals surface area (Å²) in [6.07, 6.45) is 1.56. The zero-order valence-corrected chi connectivity index (χ0v) is 18.9. The second-order valence-corrected chi connectivity index (χ2v) is 8.08. The van der Waals surface area contributed by atoms with E-state index in [0.29, 0.717) is 22.3 Å². The van der Waals surface area contributed by atoms with Crippen molar-refractivity contribution < 1.29 is 19.1 Å². The minimum Gasteiger partial charge on any atom is -0.497 e. The molecule has 2 heterocycles. The van der Waals surface area contributed by atoms with Crippen LogP contribution < -0.4 is 9.64 Å². The Balaban J connectivity index is 1.62. The predicted octanol–water partition coefficient (Wildman–Crippen LogP) is 4.80. The molecule has 0 spiro atoms. The van der Waals surface area contributed by atoms with Crippen molar-refractivity contribution in [3.8, 4) is 5.75 Å². The molecule has 0 unspecified atom stereocenters. The molecule has 1 aromatic heterocycles. The smallest absolute Gasteiger partial charge is 0.363 e. The summed E-state index contributed by atoms with van der Waals surface area (Å²) in [4.78, 5) is 35.0. The molecule has 0 atom stereocenters. The average molecular weight is 448 g/mol. The Morgan fingerprint density at radius 3 is 2.53 bits per heavy atom. The minimum absolute atomic E-state index is 0.161. The summed E-state index contributed by atoms with van der Waals surface area (Å²) in [5.41, 5.74) is 4.32. The van der Waals surface area contributed by atoms with E-state index in [1.54, 1.807) is 42.8 Å². The summed E-state index contributed by atoms with van der Waals surface area (Å²) in [6.45, 7) is 5.48. The van der Waals surface area contributed by atoms with Crippen molar-refractivity contribution in [1.82, 2.24) is 4.98 Å². The van der Waals surface area contributed by atoms with Gasteiger partial charge in [0.15, 0.2) is 10.8 Å². The number of aromatic nitrogens is 1. The molecule has 162 valence electrons. The monoisotopic (exact) mass is 447 g/mol. The van der Waals surface area contributed by atoms with Crippen LogP contribution in [0.3, 0.4) is 0 Å². The lowest BCUT2D eigenvalue weighted by Gasteiger charge is -2.18. The lowest BCUT2D eigenvalue weighted by Crippen LogP contribution is -2.22. The molecule has 0 N–H and O–H groups in total. The summed E-state index contributed by atoms with van der Waals surface area (Å²) < 4.78 is 10.5. The summed E-state index contributed by atoms with van der Waals surface area (Å²) in [7, 11) is 1.58. The molecule has 0 radical (unpaired) electrons. The molecule has 8 heteroatoms. The zero-order valence-electron chi connectivity index (χ0n) is 18.1. The van der Waals surface area contributed by atoms with Crippen LogP contribution in [-0.4, -0.2) is 29.9 Å². The fourth-order valence-corrected chi connectivity index (χ4v) is 3.99. The van der Waals surface area contributed by atoms with Gasteiger partial charge < -0.3 is 9.47 Å². The van der Waals surface area contributed by atoms with Crippen LogP contribution in [0.15, 0.2) is 58.5 Å². The Kier molecular flexibility index (Phi) is 5.87. The van der Waals surface area contributed by atoms with E-state index in [2.05, 4.69) is 9.98 Å². The first-order valence-corrected chi connectivity index (χ1v) is 10.7. The number of methoxy groups -OCH3 is 1. The number of rotatable bonds is 5. The molecular weight excluding hydrogens is 426 g/mol. The molecule has 0 fully saturated rings. The predicted molar refractivity (Wildman–Crippen MR) is 124 cm³/mol. The number of thiazole rings is 1. The van der Waals surface area contributed by atoms with Gasteiger partial charge in [-0.25, -0.2) is 14.8 Å². The molecule has 3 aromatic rings. The third kappa shape index (κ3) is 4.31. The van der Waals surface area contributed by atoms with Crippen molar-refractivity contribution in [2.75, 3.05) is 12.0 Å². The van der Waals surface area contributed by atoms with Crippen LogP contribution >= 0.6 is 11.3 Å². The highest BCUT2D eigenvalue weighted by Gasteiger charge is 2.25. The van der Waals surface area contributed by atoms with Crippen molar-refractivity contribution >= 4 is 46.0 Å². The number of esters is 1. The van der Waals surface area contributed by atoms with Gasteiger partial charge in [-0.2, -0.15) is 0 Å². The van der Waals surface area contributed by atoms with Gasteiger partial charge in [0.2, 0.25) is 11.8 Å². The number of ether oxygens (including phenoxy) is 2. The SMILES string of the molecule is COc1ccc(N(C(C)=O)c2nc(/C=C3/N=C(c4ccc(C)c(C)c4)OC3=O)cs2)cc1. The molecule has 0 bridgehead atoms. The van der Waals surface area contributed by atoms with E-state index >= 15 is 0 Å². The fourth-order valence-electron chi connectivity index (χ4n) is 3.15. The number of nitrogens with zero attached hydrogens (tertiary/aromatic N) is 3. The molecule has 0 aliphatic carbocycles. The second-order valence-electron chi connectivity index (χ2n) is 7.24. The molecule has 0 saturated heterocycles. The Bertz CT molecular complexity index is 1260. The topological polar surface area (TPSA) is 81.1 Å². The Morgan fingerprint density at radius 2 is 1.88 bits per heavy atom. The number of hydrogen-bond donors (Lipinski definition) is 0. The van der Waals surface area contributed by atoms with E-state index in [4.69, 9.17) is 9.47 Å². The number of aryl methyl sites for hydroxylation is 2. The first-order chi connectivity index (χ1) is 15.4. The van der Waals surface area contributed by atoms with Crippen LogP contribution in [-0.2, 0) is 14.3 Å². The molecule has 7 nitrogen and oxygen atoms in total. The molecule has 4 rings (SSSR count). The van der Waals surface area contributed by atoms with Gasteiger partial charge in [0.05, 0.1) is 18.5 Å². The van der Waals surface area contributed by atoms with Crippen molar-refractivity contribution in [3.63, 3.8) is 0 Å². The summed E-state index contributed by atoms with van der Waals surface area (Å²) in [6, 6.07) is 12.9. The number of cyclic esters (lactones) is 1. The van der Waals surface area contributed by atoms with E-state index in [1.807, 2.05) is 32.0 Å². The maximum atomic E-state index is 12.3. The van der Waals surface area contributed by atoms with Crippen LogP contribution in [0.1, 0.15) is 29.3 Å². The van der Waals surface area contributed by atoms with Crippen LogP contribution in [0, 0.1) is 13.8 Å². The quantitative estimate of drug-likeness (QED) is 0.415. The van der Waals surface area contributed by atoms with E-state index < -0.39 is 5.97 Å². The largest absolute Gasteiger partial charge is 0.497 e. The Hall–Kier alpha value is -3.78. The fraction of sp³-hybridized carbons (Fsp3) is 0.167. The summed E-state index contributed by atoms with van der Waals surface area (Å²) >= 11 is 1.29. The van der Waals surface area contributed by atoms with Gasteiger partial charge in [0, 0.05) is 17.9 Å². The second kappa shape index (κ2) is 8.76. The van der Waals surface area contributed by atoms with Gasteiger partial charge >= 0.3 is 5.97 Å². The molecule has 1 aliphatic rings. The minimum atomic E-state index is -0.536. The highest BCUT2D eigenvalue weighted by atomic mass is 32.1. The van der Waals surface area contributed by atoms with Crippen molar-refractivity contribution in [3.05, 3.63) is 75.9 Å². The molecule has 1 aliphatic heterocycles. The molecule has 0 saturated carbocycles. The van der Waals surface area contributed by atoms with E-state index in [-0.39, 0.29) is 17.5 Å². The normalized spacial score (nSPS) is 14.3. The van der Waals surface area contributed by atoms with Gasteiger partial charge in [0.25, 0.3) is 0 Å². The van der Waals surface area contributed by atoms with E-state index in [1.165, 1.54) is 23.2 Å². The standard InChI is InChI=1S/C24H21N3O4S/c1-14-5-6-17(11-15(14)2)22-26-21(23(29)31-22)12-18-13-32-24(25-18)27(16(3)28)19-7-9-20(30-4)10-8-19/h5-13H,1-4H3/b21-12+. The molecule has 32 heavy (non-hydrogen) atoms. The molecule has 1 amide bonds. The number of hydrogen-bond acceptors (Lipinski definition) is 7. The van der Waals surface area contributed by atoms with Gasteiger partial charge in [-0.3, -0.25) is 9.69 Å². The maximum Gasteiger partial charge on any atom is 0.363 e. The highest BCUT2D eigenvalue weighted by Crippen LogP contribution is 2.31. The van der Waals surface area contributed by atoms with Crippen molar-refractivity contribution in [1.29, 1.82) is 0 Å². The number of anilines is 2. The lowest BCUT2D eigenvalue weighted by atomic mass is 10.1. The van der Waals surface area contributed by atoms with E-state index in [9.17, 15) is 9.59 Å². The van der Waals surface area contributed by atoms with Crippen molar-refractivity contribution in [2.24, 2.45) is 4.99 Å². The number of aliphatic imine (C=N–C) groups is 1. The molecular formula is C24H21N3O4S. The number of carbonyl (C=O) groups excluding carboxylic acids is 2. The maximum absolute atomic E-state index is 12.3. The van der Waals surface area contributed by atoms with Gasteiger partial charge in [-0.05, 0) is 67.4 Å². The van der Waals surface area contributed by atoms with Gasteiger partial charge in [0.1, 0.15) is 5.75 Å². The number of benzene rings is 2. The zero-order chi connectivity index (χ0) is 22.8. The van der Waals surface area contributed by atoms with Gasteiger partial charge in [-0.1, -0.05) is 6.07 Å². The van der Waals surface area contributed by atoms with Crippen LogP contribution in [0.2, 0.25) is 0 Å². The average Bonchev–Trinajstić information content (AvgIpc) is 3.37. The van der Waals surface area contributed by atoms with Crippen molar-refractivity contribution in [2.45, 2.75) is 20.8 Å². The molecule has 2 aromatic carbocycles. The lowest BCUT2D eigenvalue weighted by molar-refractivity contribution is -0.130. The highest BCUT2D eigenvalue weighted by molar-refractivity contribution is 7.14. The first kappa shape index (κ1) is 21.5. The first-order valence-electron chi connectivity index (χ1n) is 9.86. The Morgan fingerprint density at radius 1 is 1.12 bits per heavy atom. The van der Waals surface area contributed by atoms with Crippen LogP contribution in [0.25, 0.3) is 6.08 Å². The van der Waals surface area contributed by atoms with Gasteiger partial charge in [-0.15, -0.1) is 11.3 Å². The van der Waals surface area contributed by atoms with Crippen LogP contribution in [0.5, 0.6) is 5.75 Å². The third-order valence-corrected chi connectivity index (χ3v) is 5.85. The Labute approximate surface area is 189 Å². The summed E-state index contributed by atoms with van der Waals surface area (Å²) in [5.74, 6) is 0.243. The third-order valence-electron chi connectivity index (χ3n) is 5.01. The summed E-state index contributed by atoms with van der Waals surface area (Å²) in [5, 5.41) is 2.25. The van der Waals surface area contributed by atoms with E-state index in [0.717, 1.165) is 16.7 Å². The number of amides is 1. The van der Waals surface area contributed by atoms with Crippen LogP contribution in [0.4, 0.5) is 10.8 Å².